The zero-order valence-corrected chi connectivity index (χ0v) is 12.0. The Morgan fingerprint density at radius 1 is 1.29 bits per heavy atom. The van der Waals surface area contributed by atoms with Crippen molar-refractivity contribution in [1.82, 2.24) is 4.98 Å². The Morgan fingerprint density at radius 3 is 2.67 bits per heavy atom. The lowest BCUT2D eigenvalue weighted by Crippen LogP contribution is -2.21. The summed E-state index contributed by atoms with van der Waals surface area (Å²) < 4.78 is 53.0. The van der Waals surface area contributed by atoms with Crippen LogP contribution in [-0.2, 0) is 10.0 Å². The molecule has 21 heavy (non-hydrogen) atoms. The SMILES string of the molecule is NC(=S)c1ncccc1S(=O)(=O)Nc1cc(F)ccc1F. The van der Waals surface area contributed by atoms with E-state index in [2.05, 4.69) is 4.98 Å². The minimum absolute atomic E-state index is 0.128. The molecule has 0 aliphatic heterocycles. The molecule has 0 saturated heterocycles. The first-order valence-corrected chi connectivity index (χ1v) is 7.43. The van der Waals surface area contributed by atoms with E-state index in [4.69, 9.17) is 18.0 Å². The first-order valence-electron chi connectivity index (χ1n) is 5.54. The van der Waals surface area contributed by atoms with Gasteiger partial charge in [0.25, 0.3) is 10.0 Å². The van der Waals surface area contributed by atoms with E-state index in [-0.39, 0.29) is 15.6 Å². The highest BCUT2D eigenvalue weighted by molar-refractivity contribution is 7.93. The molecule has 3 N–H and O–H groups in total. The monoisotopic (exact) mass is 329 g/mol. The number of sulfonamides is 1. The van der Waals surface area contributed by atoms with Crippen molar-refractivity contribution in [2.45, 2.75) is 4.90 Å². The first-order chi connectivity index (χ1) is 9.81. The van der Waals surface area contributed by atoms with Crippen LogP contribution in [0.25, 0.3) is 0 Å². The summed E-state index contributed by atoms with van der Waals surface area (Å²) >= 11 is 4.72. The summed E-state index contributed by atoms with van der Waals surface area (Å²) in [4.78, 5) is 3.23. The minimum atomic E-state index is -4.21. The van der Waals surface area contributed by atoms with Gasteiger partial charge in [0, 0.05) is 12.3 Å². The Kier molecular flexibility index (Phi) is 4.14. The minimum Gasteiger partial charge on any atom is -0.388 e. The van der Waals surface area contributed by atoms with Crippen LogP contribution in [0.15, 0.2) is 41.4 Å². The molecule has 0 bridgehead atoms. The first kappa shape index (κ1) is 15.3. The third-order valence-electron chi connectivity index (χ3n) is 2.47. The fourth-order valence-corrected chi connectivity index (χ4v) is 3.03. The van der Waals surface area contributed by atoms with Gasteiger partial charge in [-0.05, 0) is 24.3 Å². The average Bonchev–Trinajstić information content (AvgIpc) is 2.42. The topological polar surface area (TPSA) is 85.1 Å². The van der Waals surface area contributed by atoms with Crippen LogP contribution in [0.3, 0.4) is 0 Å². The van der Waals surface area contributed by atoms with Crippen molar-refractivity contribution in [3.8, 4) is 0 Å². The number of benzene rings is 1. The van der Waals surface area contributed by atoms with Crippen LogP contribution in [0.2, 0.25) is 0 Å². The van der Waals surface area contributed by atoms with Crippen molar-refractivity contribution in [2.75, 3.05) is 4.72 Å². The van der Waals surface area contributed by atoms with Crippen LogP contribution in [0.1, 0.15) is 5.69 Å². The zero-order valence-electron chi connectivity index (χ0n) is 10.4. The highest BCUT2D eigenvalue weighted by Crippen LogP contribution is 2.21. The molecule has 0 aliphatic carbocycles. The number of nitrogens with two attached hydrogens (primary N) is 1. The molecule has 9 heteroatoms. The van der Waals surface area contributed by atoms with Gasteiger partial charge in [-0.3, -0.25) is 9.71 Å². The van der Waals surface area contributed by atoms with Crippen molar-refractivity contribution in [2.24, 2.45) is 5.73 Å². The standard InChI is InChI=1S/C12H9F2N3O2S2/c13-7-3-4-8(14)9(6-7)17-21(18,19)10-2-1-5-16-11(10)12(15)20/h1-6,17H,(H2,15,20). The number of hydrogen-bond donors (Lipinski definition) is 2. The lowest BCUT2D eigenvalue weighted by molar-refractivity contribution is 0.594. The molecular formula is C12H9F2N3O2S2. The van der Waals surface area contributed by atoms with E-state index in [1.165, 1.54) is 18.3 Å². The number of nitrogens with zero attached hydrogens (tertiary/aromatic N) is 1. The summed E-state index contributed by atoms with van der Waals surface area (Å²) in [6.07, 6.45) is 1.32. The summed E-state index contributed by atoms with van der Waals surface area (Å²) in [5.74, 6) is -1.70. The Morgan fingerprint density at radius 2 is 2.00 bits per heavy atom. The van der Waals surface area contributed by atoms with Crippen LogP contribution >= 0.6 is 12.2 Å². The quantitative estimate of drug-likeness (QED) is 0.836. The number of pyridine rings is 1. The molecule has 1 aromatic carbocycles. The van der Waals surface area contributed by atoms with Crippen LogP contribution in [-0.4, -0.2) is 18.4 Å². The van der Waals surface area contributed by atoms with Gasteiger partial charge in [0.15, 0.2) is 0 Å². The number of anilines is 1. The van der Waals surface area contributed by atoms with Crippen LogP contribution in [0, 0.1) is 11.6 Å². The van der Waals surface area contributed by atoms with Gasteiger partial charge in [-0.2, -0.15) is 0 Å². The second kappa shape index (κ2) is 5.70. The summed E-state index contributed by atoms with van der Waals surface area (Å²) in [5.41, 5.74) is 4.75. The second-order valence-corrected chi connectivity index (χ2v) is 6.03. The molecule has 0 amide bonds. The molecule has 5 nitrogen and oxygen atoms in total. The van der Waals surface area contributed by atoms with E-state index in [0.717, 1.165) is 18.2 Å². The Balaban J connectivity index is 2.49. The van der Waals surface area contributed by atoms with Crippen LogP contribution in [0.5, 0.6) is 0 Å². The van der Waals surface area contributed by atoms with Crippen molar-refractivity contribution in [3.63, 3.8) is 0 Å². The lowest BCUT2D eigenvalue weighted by Gasteiger charge is -2.11. The second-order valence-electron chi connectivity index (χ2n) is 3.94. The van der Waals surface area contributed by atoms with E-state index in [9.17, 15) is 17.2 Å². The zero-order chi connectivity index (χ0) is 15.6. The molecule has 2 aromatic rings. The molecule has 110 valence electrons. The number of thiocarbonyl (C=S) groups is 1. The molecular weight excluding hydrogens is 320 g/mol. The predicted octanol–water partition coefficient (Wildman–Crippen LogP) is 1.79. The average molecular weight is 329 g/mol. The van der Waals surface area contributed by atoms with E-state index < -0.39 is 27.3 Å². The normalized spacial score (nSPS) is 11.1. The maximum absolute atomic E-state index is 13.5. The Hall–Kier alpha value is -2.13. The van der Waals surface area contributed by atoms with Crippen molar-refractivity contribution >= 4 is 32.9 Å². The molecule has 1 heterocycles. The Labute approximate surface area is 124 Å². The fourth-order valence-electron chi connectivity index (χ4n) is 1.57. The Bertz CT molecular complexity index is 810. The van der Waals surface area contributed by atoms with E-state index >= 15 is 0 Å². The van der Waals surface area contributed by atoms with Gasteiger partial charge in [0.05, 0.1) is 5.69 Å². The predicted molar refractivity (Wildman–Crippen MR) is 77.3 cm³/mol. The molecule has 0 fully saturated rings. The van der Waals surface area contributed by atoms with E-state index in [1.54, 1.807) is 0 Å². The van der Waals surface area contributed by atoms with Gasteiger partial charge in [0.2, 0.25) is 0 Å². The maximum Gasteiger partial charge on any atom is 0.264 e. The molecule has 2 rings (SSSR count). The number of halogens is 2. The van der Waals surface area contributed by atoms with Crippen molar-refractivity contribution < 1.29 is 17.2 Å². The molecule has 0 unspecified atom stereocenters. The number of aromatic nitrogens is 1. The molecule has 0 aliphatic rings. The molecule has 0 saturated carbocycles. The van der Waals surface area contributed by atoms with Gasteiger partial charge >= 0.3 is 0 Å². The summed E-state index contributed by atoms with van der Waals surface area (Å²) in [7, 11) is -4.21. The van der Waals surface area contributed by atoms with E-state index in [1.807, 2.05) is 4.72 Å². The molecule has 0 atom stereocenters. The third-order valence-corrected chi connectivity index (χ3v) is 4.06. The third kappa shape index (κ3) is 3.31. The number of hydrogen-bond acceptors (Lipinski definition) is 4. The summed E-state index contributed by atoms with van der Waals surface area (Å²) in [6.45, 7) is 0. The summed E-state index contributed by atoms with van der Waals surface area (Å²) in [6, 6.07) is 4.98. The molecule has 0 spiro atoms. The van der Waals surface area contributed by atoms with Crippen molar-refractivity contribution in [1.29, 1.82) is 0 Å². The number of nitrogens with one attached hydrogen (secondary N) is 1. The maximum atomic E-state index is 13.5. The van der Waals surface area contributed by atoms with E-state index in [0.29, 0.717) is 0 Å². The summed E-state index contributed by atoms with van der Waals surface area (Å²) in [5, 5.41) is 0. The van der Waals surface area contributed by atoms with Crippen molar-refractivity contribution in [3.05, 3.63) is 53.9 Å². The van der Waals surface area contributed by atoms with Gasteiger partial charge in [0.1, 0.15) is 27.2 Å². The smallest absolute Gasteiger partial charge is 0.264 e. The van der Waals surface area contributed by atoms with Crippen LogP contribution < -0.4 is 10.5 Å². The highest BCUT2D eigenvalue weighted by atomic mass is 32.2. The molecule has 0 radical (unpaired) electrons. The van der Waals surface area contributed by atoms with Gasteiger partial charge in [-0.1, -0.05) is 12.2 Å². The molecule has 1 aromatic heterocycles. The largest absolute Gasteiger partial charge is 0.388 e. The fraction of sp³-hybridized carbons (Fsp3) is 0. The van der Waals surface area contributed by atoms with Gasteiger partial charge in [-0.25, -0.2) is 17.2 Å². The van der Waals surface area contributed by atoms with Gasteiger partial charge < -0.3 is 5.73 Å². The number of rotatable bonds is 4. The van der Waals surface area contributed by atoms with Gasteiger partial charge in [-0.15, -0.1) is 0 Å². The highest BCUT2D eigenvalue weighted by Gasteiger charge is 2.22. The lowest BCUT2D eigenvalue weighted by atomic mass is 10.3. The van der Waals surface area contributed by atoms with Crippen LogP contribution in [0.4, 0.5) is 14.5 Å².